The highest BCUT2D eigenvalue weighted by molar-refractivity contribution is 9.10. The van der Waals surface area contributed by atoms with E-state index in [0.717, 1.165) is 32.8 Å². The lowest BCUT2D eigenvalue weighted by atomic mass is 9.96. The molecule has 0 N–H and O–H groups in total. The molecule has 0 spiro atoms. The van der Waals surface area contributed by atoms with Crippen molar-refractivity contribution in [3.8, 4) is 11.5 Å². The van der Waals surface area contributed by atoms with E-state index >= 15 is 0 Å². The third kappa shape index (κ3) is 3.53. The van der Waals surface area contributed by atoms with Crippen molar-refractivity contribution in [2.45, 2.75) is 18.7 Å². The van der Waals surface area contributed by atoms with Crippen LogP contribution < -0.4 is 9.47 Å². The molecule has 31 heavy (non-hydrogen) atoms. The molecule has 0 amide bonds. The van der Waals surface area contributed by atoms with Gasteiger partial charge in [-0.3, -0.25) is 10.1 Å². The number of nitro groups is 1. The number of nitro benzene ring substituents is 1. The van der Waals surface area contributed by atoms with E-state index in [-0.39, 0.29) is 11.7 Å². The van der Waals surface area contributed by atoms with E-state index in [0.29, 0.717) is 12.0 Å². The average molecular weight is 480 g/mol. The number of benzene rings is 3. The summed E-state index contributed by atoms with van der Waals surface area (Å²) >= 11 is 3.55. The van der Waals surface area contributed by atoms with Gasteiger partial charge in [-0.05, 0) is 30.3 Å². The van der Waals surface area contributed by atoms with Crippen molar-refractivity contribution in [3.63, 3.8) is 0 Å². The standard InChI is InChI=1S/C23H18BrN3O4/c1-30-18-7-3-4-14(11-18)20-13-21-19-12-16(24)8-9-22(19)31-23(26(21)25-20)15-5-2-6-17(10-15)27(28)29/h2-12,21,23H,13H2,1H3/t21-,23+/m1/s1. The van der Waals surface area contributed by atoms with Gasteiger partial charge in [-0.25, -0.2) is 5.01 Å². The van der Waals surface area contributed by atoms with Crippen LogP contribution in [-0.2, 0) is 0 Å². The van der Waals surface area contributed by atoms with Crippen LogP contribution in [-0.4, -0.2) is 22.8 Å². The molecule has 0 fully saturated rings. The summed E-state index contributed by atoms with van der Waals surface area (Å²) in [5.74, 6) is 1.52. The molecule has 7 nitrogen and oxygen atoms in total. The summed E-state index contributed by atoms with van der Waals surface area (Å²) in [5.41, 5.74) is 3.62. The Kier molecular flexibility index (Phi) is 4.86. The van der Waals surface area contributed by atoms with E-state index in [1.807, 2.05) is 53.5 Å². The number of hydrogen-bond donors (Lipinski definition) is 0. The minimum absolute atomic E-state index is 0.0236. The molecular weight excluding hydrogens is 462 g/mol. The van der Waals surface area contributed by atoms with Gasteiger partial charge in [-0.15, -0.1) is 0 Å². The highest BCUT2D eigenvalue weighted by Gasteiger charge is 2.41. The largest absolute Gasteiger partial charge is 0.497 e. The van der Waals surface area contributed by atoms with Crippen molar-refractivity contribution in [1.82, 2.24) is 5.01 Å². The molecule has 0 saturated carbocycles. The molecule has 0 unspecified atom stereocenters. The van der Waals surface area contributed by atoms with Gasteiger partial charge in [-0.2, -0.15) is 5.10 Å². The van der Waals surface area contributed by atoms with Crippen molar-refractivity contribution in [3.05, 3.63) is 98.0 Å². The Morgan fingerprint density at radius 3 is 2.81 bits per heavy atom. The fourth-order valence-electron chi connectivity index (χ4n) is 4.05. The third-order valence-electron chi connectivity index (χ3n) is 5.52. The molecule has 5 rings (SSSR count). The Labute approximate surface area is 187 Å². The molecule has 2 atom stereocenters. The van der Waals surface area contributed by atoms with Crippen molar-refractivity contribution in [1.29, 1.82) is 0 Å². The number of nitrogens with zero attached hydrogens (tertiary/aromatic N) is 3. The van der Waals surface area contributed by atoms with E-state index in [2.05, 4.69) is 15.9 Å². The van der Waals surface area contributed by atoms with E-state index in [1.54, 1.807) is 19.2 Å². The van der Waals surface area contributed by atoms with Gasteiger partial charge in [0.15, 0.2) is 0 Å². The van der Waals surface area contributed by atoms with Gasteiger partial charge in [0.2, 0.25) is 6.23 Å². The molecule has 2 aliphatic rings. The summed E-state index contributed by atoms with van der Waals surface area (Å²) in [6.45, 7) is 0. The van der Waals surface area contributed by atoms with Crippen molar-refractivity contribution >= 4 is 27.3 Å². The first-order valence-electron chi connectivity index (χ1n) is 9.74. The minimum Gasteiger partial charge on any atom is -0.497 e. The van der Waals surface area contributed by atoms with Crippen LogP contribution in [0.2, 0.25) is 0 Å². The monoisotopic (exact) mass is 479 g/mol. The molecule has 156 valence electrons. The van der Waals surface area contributed by atoms with Gasteiger partial charge in [0.05, 0.1) is 23.8 Å². The van der Waals surface area contributed by atoms with Crippen molar-refractivity contribution < 1.29 is 14.4 Å². The molecule has 0 radical (unpaired) electrons. The number of halogens is 1. The molecule has 3 aromatic rings. The molecule has 8 heteroatoms. The summed E-state index contributed by atoms with van der Waals surface area (Å²) in [5, 5.41) is 18.1. The van der Waals surface area contributed by atoms with Crippen LogP contribution in [0.4, 0.5) is 5.69 Å². The van der Waals surface area contributed by atoms with Crippen LogP contribution in [0.15, 0.2) is 76.3 Å². The van der Waals surface area contributed by atoms with Crippen LogP contribution in [0, 0.1) is 10.1 Å². The third-order valence-corrected chi connectivity index (χ3v) is 6.01. The van der Waals surface area contributed by atoms with E-state index in [1.165, 1.54) is 6.07 Å². The van der Waals surface area contributed by atoms with E-state index in [9.17, 15) is 10.1 Å². The van der Waals surface area contributed by atoms with Gasteiger partial charge >= 0.3 is 0 Å². The topological polar surface area (TPSA) is 77.2 Å². The zero-order chi connectivity index (χ0) is 21.5. The van der Waals surface area contributed by atoms with E-state index < -0.39 is 11.2 Å². The van der Waals surface area contributed by atoms with Gasteiger partial charge in [-0.1, -0.05) is 40.2 Å². The summed E-state index contributed by atoms with van der Waals surface area (Å²) in [6, 6.07) is 20.2. The highest BCUT2D eigenvalue weighted by Crippen LogP contribution is 2.48. The molecule has 0 saturated heterocycles. The minimum atomic E-state index is -0.568. The first-order chi connectivity index (χ1) is 15.0. The van der Waals surface area contributed by atoms with Crippen LogP contribution in [0.3, 0.4) is 0 Å². The molecule has 2 aliphatic heterocycles. The van der Waals surface area contributed by atoms with Gasteiger partial charge in [0.25, 0.3) is 5.69 Å². The maximum Gasteiger partial charge on any atom is 0.269 e. The Morgan fingerprint density at radius 1 is 1.16 bits per heavy atom. The first-order valence-corrected chi connectivity index (χ1v) is 10.5. The predicted octanol–water partition coefficient (Wildman–Crippen LogP) is 5.61. The van der Waals surface area contributed by atoms with Crippen LogP contribution in [0.5, 0.6) is 11.5 Å². The van der Waals surface area contributed by atoms with Crippen LogP contribution >= 0.6 is 15.9 Å². The number of fused-ring (bicyclic) bond motifs is 3. The number of non-ortho nitro benzene ring substituents is 1. The van der Waals surface area contributed by atoms with Gasteiger partial charge in [0, 0.05) is 39.7 Å². The Hall–Kier alpha value is -3.39. The van der Waals surface area contributed by atoms with Crippen molar-refractivity contribution in [2.75, 3.05) is 7.11 Å². The van der Waals surface area contributed by atoms with Gasteiger partial charge in [0.1, 0.15) is 11.5 Å². The second kappa shape index (κ2) is 7.70. The molecule has 0 aromatic heterocycles. The zero-order valence-corrected chi connectivity index (χ0v) is 18.2. The maximum atomic E-state index is 11.3. The fraction of sp³-hybridized carbons (Fsp3) is 0.174. The quantitative estimate of drug-likeness (QED) is 0.359. The lowest BCUT2D eigenvalue weighted by molar-refractivity contribution is -0.385. The lowest BCUT2D eigenvalue weighted by Crippen LogP contribution is -2.33. The van der Waals surface area contributed by atoms with Crippen LogP contribution in [0.1, 0.15) is 35.4 Å². The second-order valence-corrected chi connectivity index (χ2v) is 8.30. The second-order valence-electron chi connectivity index (χ2n) is 7.38. The number of hydrazone groups is 1. The Bertz CT molecular complexity index is 1210. The molecule has 0 aliphatic carbocycles. The Morgan fingerprint density at radius 2 is 2.00 bits per heavy atom. The predicted molar refractivity (Wildman–Crippen MR) is 119 cm³/mol. The average Bonchev–Trinajstić information content (AvgIpc) is 3.24. The molecule has 3 aromatic carbocycles. The molecule has 0 bridgehead atoms. The molecule has 2 heterocycles. The number of rotatable bonds is 4. The number of methoxy groups -OCH3 is 1. The number of hydrogen-bond acceptors (Lipinski definition) is 6. The van der Waals surface area contributed by atoms with Crippen LogP contribution in [0.25, 0.3) is 0 Å². The fourth-order valence-corrected chi connectivity index (χ4v) is 4.43. The highest BCUT2D eigenvalue weighted by atomic mass is 79.9. The van der Waals surface area contributed by atoms with Crippen molar-refractivity contribution in [2.24, 2.45) is 5.10 Å². The lowest BCUT2D eigenvalue weighted by Gasteiger charge is -2.38. The Balaban J connectivity index is 1.60. The normalized spacial score (nSPS) is 19.2. The van der Waals surface area contributed by atoms with Gasteiger partial charge < -0.3 is 9.47 Å². The first kappa shape index (κ1) is 19.6. The SMILES string of the molecule is COc1cccc(C2=NN3[C@H](C2)c2cc(Br)ccc2O[C@H]3c2cccc([N+](=O)[O-])c2)c1. The summed E-state index contributed by atoms with van der Waals surface area (Å²) < 4.78 is 12.6. The smallest absolute Gasteiger partial charge is 0.269 e. The zero-order valence-electron chi connectivity index (χ0n) is 16.6. The van der Waals surface area contributed by atoms with E-state index in [4.69, 9.17) is 14.6 Å². The number of ether oxygens (including phenoxy) is 2. The summed E-state index contributed by atoms with van der Waals surface area (Å²) in [7, 11) is 1.64. The summed E-state index contributed by atoms with van der Waals surface area (Å²) in [4.78, 5) is 10.9. The summed E-state index contributed by atoms with van der Waals surface area (Å²) in [6.07, 6.45) is 0.118. The maximum absolute atomic E-state index is 11.3. The molecular formula is C23H18BrN3O4.